The first-order chi connectivity index (χ1) is 16.7. The van der Waals surface area contributed by atoms with Gasteiger partial charge in [-0.3, -0.25) is 4.79 Å². The zero-order chi connectivity index (χ0) is 25.0. The van der Waals surface area contributed by atoms with E-state index in [0.717, 1.165) is 44.7 Å². The topological polar surface area (TPSA) is 97.4 Å². The van der Waals surface area contributed by atoms with Crippen molar-refractivity contribution in [1.29, 1.82) is 0 Å². The molecule has 1 aliphatic heterocycles. The van der Waals surface area contributed by atoms with E-state index in [-0.39, 0.29) is 29.8 Å². The molecule has 1 amide bonds. The van der Waals surface area contributed by atoms with Gasteiger partial charge in [0.1, 0.15) is 17.1 Å². The minimum atomic E-state index is -4.58. The van der Waals surface area contributed by atoms with Crippen molar-refractivity contribution in [3.05, 3.63) is 35.0 Å². The standard InChI is InChI=1S/C24H30F3N5O3/c1-14-11-19(20(34-2)12-17(14)22(33)30-16-7-9-35-10-8-16)31-23-28-13-18(24(25,26)27)21(32-23)29-15-5-3-4-6-15/h11-13,15-16H,3-10H2,1-2H3,(H,30,33)(H2,28,29,31,32). The van der Waals surface area contributed by atoms with Gasteiger partial charge in [0.2, 0.25) is 5.95 Å². The maximum Gasteiger partial charge on any atom is 0.421 e. The number of alkyl halides is 3. The fourth-order valence-corrected chi connectivity index (χ4v) is 4.45. The first kappa shape index (κ1) is 25.0. The summed E-state index contributed by atoms with van der Waals surface area (Å²) in [6.45, 7) is 3.01. The summed E-state index contributed by atoms with van der Waals surface area (Å²) in [7, 11) is 1.46. The van der Waals surface area contributed by atoms with E-state index in [4.69, 9.17) is 9.47 Å². The number of nitrogens with one attached hydrogen (secondary N) is 3. The van der Waals surface area contributed by atoms with Crippen LogP contribution >= 0.6 is 0 Å². The number of nitrogens with zero attached hydrogens (tertiary/aromatic N) is 2. The van der Waals surface area contributed by atoms with Gasteiger partial charge in [-0.1, -0.05) is 12.8 Å². The molecule has 190 valence electrons. The molecule has 4 rings (SSSR count). The van der Waals surface area contributed by atoms with Crippen molar-refractivity contribution in [3.8, 4) is 5.75 Å². The van der Waals surface area contributed by atoms with Crippen LogP contribution in [0, 0.1) is 6.92 Å². The number of hydrogen-bond donors (Lipinski definition) is 3. The number of amides is 1. The Labute approximate surface area is 202 Å². The Morgan fingerprint density at radius 1 is 1.11 bits per heavy atom. The highest BCUT2D eigenvalue weighted by atomic mass is 19.4. The molecule has 1 aliphatic carbocycles. The fraction of sp³-hybridized carbons (Fsp3) is 0.542. The van der Waals surface area contributed by atoms with Gasteiger partial charge in [-0.15, -0.1) is 0 Å². The second kappa shape index (κ2) is 10.7. The van der Waals surface area contributed by atoms with Crippen molar-refractivity contribution >= 4 is 23.4 Å². The van der Waals surface area contributed by atoms with Crippen molar-refractivity contribution in [3.63, 3.8) is 0 Å². The molecule has 1 aromatic heterocycles. The molecule has 2 aromatic rings. The smallest absolute Gasteiger partial charge is 0.421 e. The quantitative estimate of drug-likeness (QED) is 0.509. The molecular weight excluding hydrogens is 463 g/mol. The van der Waals surface area contributed by atoms with Gasteiger partial charge in [-0.25, -0.2) is 4.98 Å². The normalized spacial score (nSPS) is 17.3. The molecule has 3 N–H and O–H groups in total. The maximum absolute atomic E-state index is 13.5. The van der Waals surface area contributed by atoms with Crippen molar-refractivity contribution in [2.24, 2.45) is 0 Å². The summed E-state index contributed by atoms with van der Waals surface area (Å²) in [4.78, 5) is 20.9. The molecule has 0 bridgehead atoms. The monoisotopic (exact) mass is 493 g/mol. The Hall–Kier alpha value is -3.08. The third kappa shape index (κ3) is 6.14. The Balaban J connectivity index is 1.56. The highest BCUT2D eigenvalue weighted by Gasteiger charge is 2.36. The van der Waals surface area contributed by atoms with E-state index in [1.807, 2.05) is 0 Å². The van der Waals surface area contributed by atoms with Crippen LogP contribution in [0.25, 0.3) is 0 Å². The minimum Gasteiger partial charge on any atom is -0.495 e. The third-order valence-electron chi connectivity index (χ3n) is 6.38. The van der Waals surface area contributed by atoms with E-state index in [9.17, 15) is 18.0 Å². The van der Waals surface area contributed by atoms with Crippen LogP contribution in [-0.2, 0) is 10.9 Å². The molecular formula is C24H30F3N5O3. The molecule has 1 aromatic carbocycles. The molecule has 11 heteroatoms. The average Bonchev–Trinajstić information content (AvgIpc) is 3.32. The predicted octanol–water partition coefficient (Wildman–Crippen LogP) is 4.82. The lowest BCUT2D eigenvalue weighted by atomic mass is 10.0. The van der Waals surface area contributed by atoms with E-state index in [0.29, 0.717) is 35.8 Å². The molecule has 2 fully saturated rings. The van der Waals surface area contributed by atoms with E-state index < -0.39 is 11.7 Å². The fourth-order valence-electron chi connectivity index (χ4n) is 4.45. The molecule has 0 spiro atoms. The molecule has 1 saturated heterocycles. The number of carbonyl (C=O) groups is 1. The highest BCUT2D eigenvalue weighted by Crippen LogP contribution is 2.36. The molecule has 0 radical (unpaired) electrons. The van der Waals surface area contributed by atoms with Crippen LogP contribution in [0.1, 0.15) is 60.0 Å². The van der Waals surface area contributed by atoms with E-state index in [1.54, 1.807) is 19.1 Å². The summed E-state index contributed by atoms with van der Waals surface area (Å²) in [5.74, 6) is -0.116. The largest absolute Gasteiger partial charge is 0.495 e. The molecule has 0 unspecified atom stereocenters. The number of aryl methyl sites for hydroxylation is 1. The second-order valence-electron chi connectivity index (χ2n) is 8.93. The summed E-state index contributed by atoms with van der Waals surface area (Å²) in [5.41, 5.74) is 0.669. The zero-order valence-electron chi connectivity index (χ0n) is 19.8. The van der Waals surface area contributed by atoms with Crippen molar-refractivity contribution in [2.45, 2.75) is 63.7 Å². The molecule has 0 atom stereocenters. The van der Waals surface area contributed by atoms with E-state index in [1.165, 1.54) is 7.11 Å². The summed E-state index contributed by atoms with van der Waals surface area (Å²) < 4.78 is 51.4. The number of halogens is 3. The van der Waals surface area contributed by atoms with Crippen LogP contribution in [0.2, 0.25) is 0 Å². The lowest BCUT2D eigenvalue weighted by molar-refractivity contribution is -0.137. The highest BCUT2D eigenvalue weighted by molar-refractivity contribution is 5.97. The Bertz CT molecular complexity index is 1050. The number of carbonyl (C=O) groups excluding carboxylic acids is 1. The summed E-state index contributed by atoms with van der Waals surface area (Å²) in [5, 5.41) is 8.92. The SMILES string of the molecule is COc1cc(C(=O)NC2CCOCC2)c(C)cc1Nc1ncc(C(F)(F)F)c(NC2CCCC2)n1. The lowest BCUT2D eigenvalue weighted by Gasteiger charge is -2.24. The number of ether oxygens (including phenoxy) is 2. The minimum absolute atomic E-state index is 0.00407. The number of anilines is 3. The van der Waals surface area contributed by atoms with Gasteiger partial charge in [0, 0.05) is 37.1 Å². The molecule has 8 nitrogen and oxygen atoms in total. The van der Waals surface area contributed by atoms with Crippen LogP contribution in [0.3, 0.4) is 0 Å². The molecule has 2 aliphatic rings. The van der Waals surface area contributed by atoms with E-state index in [2.05, 4.69) is 25.9 Å². The zero-order valence-corrected chi connectivity index (χ0v) is 19.8. The van der Waals surface area contributed by atoms with Gasteiger partial charge in [-0.05, 0) is 50.3 Å². The second-order valence-corrected chi connectivity index (χ2v) is 8.93. The summed E-state index contributed by atoms with van der Waals surface area (Å²) >= 11 is 0. The summed E-state index contributed by atoms with van der Waals surface area (Å²) in [6, 6.07) is 3.30. The predicted molar refractivity (Wildman–Crippen MR) is 125 cm³/mol. The van der Waals surface area contributed by atoms with Crippen molar-refractivity contribution < 1.29 is 27.4 Å². The third-order valence-corrected chi connectivity index (χ3v) is 6.38. The number of aromatic nitrogens is 2. The van der Waals surface area contributed by atoms with Gasteiger partial charge in [0.15, 0.2) is 0 Å². The lowest BCUT2D eigenvalue weighted by Crippen LogP contribution is -2.39. The van der Waals surface area contributed by atoms with Gasteiger partial charge in [0.05, 0.1) is 12.8 Å². The molecule has 35 heavy (non-hydrogen) atoms. The molecule has 2 heterocycles. The molecule has 1 saturated carbocycles. The number of hydrogen-bond acceptors (Lipinski definition) is 7. The van der Waals surface area contributed by atoms with Gasteiger partial charge < -0.3 is 25.4 Å². The van der Waals surface area contributed by atoms with Gasteiger partial charge in [0.25, 0.3) is 5.91 Å². The summed E-state index contributed by atoms with van der Waals surface area (Å²) in [6.07, 6.45) is 1.26. The number of rotatable bonds is 7. The van der Waals surface area contributed by atoms with Crippen molar-refractivity contribution in [1.82, 2.24) is 15.3 Å². The van der Waals surface area contributed by atoms with Crippen LogP contribution < -0.4 is 20.7 Å². The van der Waals surface area contributed by atoms with Crippen LogP contribution in [0.5, 0.6) is 5.75 Å². The first-order valence-electron chi connectivity index (χ1n) is 11.8. The van der Waals surface area contributed by atoms with Crippen LogP contribution in [0.15, 0.2) is 18.3 Å². The Kier molecular flexibility index (Phi) is 7.63. The number of benzene rings is 1. The number of methoxy groups -OCH3 is 1. The Morgan fingerprint density at radius 2 is 1.83 bits per heavy atom. The maximum atomic E-state index is 13.5. The first-order valence-corrected chi connectivity index (χ1v) is 11.8. The van der Waals surface area contributed by atoms with Crippen LogP contribution in [-0.4, -0.2) is 48.3 Å². The van der Waals surface area contributed by atoms with Crippen molar-refractivity contribution in [2.75, 3.05) is 31.0 Å². The van der Waals surface area contributed by atoms with E-state index >= 15 is 0 Å². The van der Waals surface area contributed by atoms with Gasteiger partial charge in [-0.2, -0.15) is 18.2 Å². The Morgan fingerprint density at radius 3 is 2.49 bits per heavy atom. The van der Waals surface area contributed by atoms with Crippen LogP contribution in [0.4, 0.5) is 30.6 Å². The van der Waals surface area contributed by atoms with Gasteiger partial charge >= 0.3 is 6.18 Å². The average molecular weight is 494 g/mol.